The van der Waals surface area contributed by atoms with E-state index in [0.29, 0.717) is 27.7 Å². The molecule has 0 fully saturated rings. The van der Waals surface area contributed by atoms with E-state index in [-0.39, 0.29) is 18.1 Å². The first-order chi connectivity index (χ1) is 12.5. The number of nitrogens with one attached hydrogen (secondary N) is 1. The maximum Gasteiger partial charge on any atom is 0.340 e. The number of pyridine rings is 1. The van der Waals surface area contributed by atoms with Crippen molar-refractivity contribution in [3.05, 3.63) is 33.4 Å². The van der Waals surface area contributed by atoms with Crippen LogP contribution in [0, 0.1) is 24.2 Å². The van der Waals surface area contributed by atoms with Gasteiger partial charge < -0.3 is 19.2 Å². The van der Waals surface area contributed by atoms with Gasteiger partial charge in [0.25, 0.3) is 5.56 Å². The van der Waals surface area contributed by atoms with Gasteiger partial charge in [0.2, 0.25) is 5.91 Å². The van der Waals surface area contributed by atoms with E-state index in [1.54, 1.807) is 55.0 Å². The minimum atomic E-state index is -0.917. The lowest BCUT2D eigenvalue weighted by Gasteiger charge is -2.21. The summed E-state index contributed by atoms with van der Waals surface area (Å²) in [7, 11) is 4.96. The predicted octanol–water partition coefficient (Wildman–Crippen LogP) is 1.82. The van der Waals surface area contributed by atoms with Gasteiger partial charge in [0.15, 0.2) is 0 Å². The summed E-state index contributed by atoms with van der Waals surface area (Å²) in [5, 5.41) is 0.426. The third-order valence-electron chi connectivity index (χ3n) is 4.24. The Morgan fingerprint density at radius 3 is 2.52 bits per heavy atom. The number of H-pyrrole nitrogens is 1. The molecule has 1 N–H and O–H groups in total. The molecule has 0 aliphatic rings. The van der Waals surface area contributed by atoms with Crippen LogP contribution in [0.25, 0.3) is 10.9 Å². The molecule has 2 aromatic heterocycles. The largest absolute Gasteiger partial charge is 0.462 e. The van der Waals surface area contributed by atoms with Crippen molar-refractivity contribution in [3.8, 4) is 11.8 Å². The van der Waals surface area contributed by atoms with Gasteiger partial charge in [-0.25, -0.2) is 4.79 Å². The zero-order valence-electron chi connectivity index (χ0n) is 16.8. The summed E-state index contributed by atoms with van der Waals surface area (Å²) >= 11 is 0. The molecule has 7 heteroatoms. The summed E-state index contributed by atoms with van der Waals surface area (Å²) in [6, 6.07) is 0. The van der Waals surface area contributed by atoms with Crippen LogP contribution >= 0.6 is 0 Å². The monoisotopic (exact) mass is 371 g/mol. The molecule has 144 valence electrons. The molecular weight excluding hydrogens is 346 g/mol. The van der Waals surface area contributed by atoms with E-state index in [1.807, 2.05) is 0 Å². The Hall–Kier alpha value is -3.01. The average molecular weight is 371 g/mol. The molecule has 1 amide bonds. The number of esters is 1. The van der Waals surface area contributed by atoms with Crippen LogP contribution < -0.4 is 5.56 Å². The second-order valence-corrected chi connectivity index (χ2v) is 7.13. The summed E-state index contributed by atoms with van der Waals surface area (Å²) < 4.78 is 6.54. The van der Waals surface area contributed by atoms with Gasteiger partial charge in [-0.2, -0.15) is 0 Å². The van der Waals surface area contributed by atoms with Crippen LogP contribution in [0.4, 0.5) is 0 Å². The molecule has 0 atom stereocenters. The highest BCUT2D eigenvalue weighted by Crippen LogP contribution is 2.25. The number of carbonyl (C=O) groups excluding carboxylic acids is 2. The number of hydrogen-bond acceptors (Lipinski definition) is 4. The first-order valence-electron chi connectivity index (χ1n) is 8.65. The number of fused-ring (bicyclic) bond motifs is 1. The summed E-state index contributed by atoms with van der Waals surface area (Å²) in [5.41, 5.74) is 0.433. The Balaban J connectivity index is 2.77. The number of aromatic nitrogens is 2. The molecule has 0 spiro atoms. The lowest BCUT2D eigenvalue weighted by molar-refractivity contribution is -0.134. The Labute approximate surface area is 158 Å². The number of carbonyl (C=O) groups is 2. The molecule has 2 heterocycles. The molecule has 0 aromatic carbocycles. The molecule has 7 nitrogen and oxygen atoms in total. The lowest BCUT2D eigenvalue weighted by Crippen LogP contribution is -2.34. The fourth-order valence-corrected chi connectivity index (χ4v) is 2.94. The van der Waals surface area contributed by atoms with Crippen molar-refractivity contribution >= 4 is 22.8 Å². The third kappa shape index (κ3) is 3.75. The van der Waals surface area contributed by atoms with E-state index in [9.17, 15) is 14.4 Å². The van der Waals surface area contributed by atoms with E-state index < -0.39 is 11.4 Å². The molecule has 0 unspecified atom stereocenters. The zero-order chi connectivity index (χ0) is 20.5. The van der Waals surface area contributed by atoms with E-state index in [4.69, 9.17) is 4.74 Å². The van der Waals surface area contributed by atoms with Gasteiger partial charge >= 0.3 is 5.97 Å². The number of rotatable bonds is 3. The minimum Gasteiger partial charge on any atom is -0.462 e. The van der Waals surface area contributed by atoms with Crippen LogP contribution in [-0.4, -0.2) is 47.0 Å². The zero-order valence-corrected chi connectivity index (χ0v) is 16.8. The fourth-order valence-electron chi connectivity index (χ4n) is 2.94. The number of ether oxygens (including phenoxy) is 1. The number of aromatic amines is 1. The van der Waals surface area contributed by atoms with Gasteiger partial charge in [0.05, 0.1) is 17.7 Å². The maximum atomic E-state index is 12.5. The number of nitrogens with zero attached hydrogens (tertiary/aromatic N) is 2. The minimum absolute atomic E-state index is 0.132. The van der Waals surface area contributed by atoms with Crippen molar-refractivity contribution in [1.82, 2.24) is 14.5 Å². The van der Waals surface area contributed by atoms with Crippen LogP contribution in [-0.2, 0) is 16.6 Å². The number of hydrogen-bond donors (Lipinski definition) is 1. The van der Waals surface area contributed by atoms with Crippen molar-refractivity contribution in [3.63, 3.8) is 0 Å². The Bertz CT molecular complexity index is 1030. The van der Waals surface area contributed by atoms with Gasteiger partial charge in [-0.05, 0) is 27.7 Å². The summed E-state index contributed by atoms with van der Waals surface area (Å²) in [5.74, 6) is 5.33. The van der Waals surface area contributed by atoms with E-state index >= 15 is 0 Å². The molecule has 0 radical (unpaired) electrons. The quantitative estimate of drug-likeness (QED) is 0.659. The second kappa shape index (κ2) is 7.31. The van der Waals surface area contributed by atoms with Crippen molar-refractivity contribution in [1.29, 1.82) is 0 Å². The number of amides is 1. The number of aryl methyl sites for hydroxylation is 2. The molecule has 0 aliphatic carbocycles. The Morgan fingerprint density at radius 2 is 1.96 bits per heavy atom. The lowest BCUT2D eigenvalue weighted by atomic mass is 9.92. The molecule has 2 rings (SSSR count). The maximum absolute atomic E-state index is 12.5. The highest BCUT2D eigenvalue weighted by atomic mass is 16.5. The van der Waals surface area contributed by atoms with Gasteiger partial charge in [-0.1, -0.05) is 11.8 Å². The van der Waals surface area contributed by atoms with Crippen molar-refractivity contribution in [2.24, 2.45) is 12.5 Å². The molecule has 0 bridgehead atoms. The molecule has 27 heavy (non-hydrogen) atoms. The highest BCUT2D eigenvalue weighted by Gasteiger charge is 2.27. The van der Waals surface area contributed by atoms with Crippen LogP contribution in [0.3, 0.4) is 0 Å². The average Bonchev–Trinajstić information content (AvgIpc) is 2.94. The van der Waals surface area contributed by atoms with E-state index in [2.05, 4.69) is 16.8 Å². The normalized spacial score (nSPS) is 11.1. The molecule has 0 saturated heterocycles. The van der Waals surface area contributed by atoms with Gasteiger partial charge in [-0.3, -0.25) is 9.59 Å². The summed E-state index contributed by atoms with van der Waals surface area (Å²) in [6.45, 7) is 7.12. The van der Waals surface area contributed by atoms with Crippen LogP contribution in [0.2, 0.25) is 0 Å². The molecular formula is C20H25N3O4. The van der Waals surface area contributed by atoms with E-state index in [1.165, 1.54) is 9.47 Å². The summed E-state index contributed by atoms with van der Waals surface area (Å²) in [4.78, 5) is 41.7. The predicted molar refractivity (Wildman–Crippen MR) is 104 cm³/mol. The highest BCUT2D eigenvalue weighted by molar-refractivity contribution is 6.07. The Morgan fingerprint density at radius 1 is 1.33 bits per heavy atom. The first kappa shape index (κ1) is 20.3. The van der Waals surface area contributed by atoms with Crippen LogP contribution in [0.5, 0.6) is 0 Å². The first-order valence-corrected chi connectivity index (χ1v) is 8.65. The standard InChI is InChI=1S/C20H25N3O4/c1-8-27-18(25)14-12(2)21-16-15(14)13(11-23(7)17(16)24)9-10-20(3,4)19(26)22(5)6/h11,21H,8H2,1-7H3. The van der Waals surface area contributed by atoms with Crippen molar-refractivity contribution in [2.75, 3.05) is 20.7 Å². The van der Waals surface area contributed by atoms with Gasteiger partial charge in [-0.15, -0.1) is 0 Å². The van der Waals surface area contributed by atoms with Crippen molar-refractivity contribution < 1.29 is 14.3 Å². The topological polar surface area (TPSA) is 84.4 Å². The molecule has 2 aromatic rings. The van der Waals surface area contributed by atoms with Gasteiger partial charge in [0.1, 0.15) is 10.9 Å². The molecule has 0 aliphatic heterocycles. The van der Waals surface area contributed by atoms with Gasteiger partial charge in [0, 0.05) is 38.4 Å². The fraction of sp³-hybridized carbons (Fsp3) is 0.450. The van der Waals surface area contributed by atoms with E-state index in [0.717, 1.165) is 0 Å². The SMILES string of the molecule is CCOC(=O)c1c(C)[nH]c2c(=O)n(C)cc(C#CC(C)(C)C(=O)N(C)C)c12. The summed E-state index contributed by atoms with van der Waals surface area (Å²) in [6.07, 6.45) is 1.57. The van der Waals surface area contributed by atoms with Crippen molar-refractivity contribution in [2.45, 2.75) is 27.7 Å². The second-order valence-electron chi connectivity index (χ2n) is 7.13. The van der Waals surface area contributed by atoms with Crippen LogP contribution in [0.1, 0.15) is 42.4 Å². The Kier molecular flexibility index (Phi) is 5.50. The third-order valence-corrected chi connectivity index (χ3v) is 4.24. The van der Waals surface area contributed by atoms with Crippen LogP contribution in [0.15, 0.2) is 11.0 Å². The molecule has 0 saturated carbocycles. The smallest absolute Gasteiger partial charge is 0.340 e.